The summed E-state index contributed by atoms with van der Waals surface area (Å²) in [5, 5.41) is -0.286. The molecule has 0 aliphatic heterocycles. The first-order valence-electron chi connectivity index (χ1n) is 6.92. The minimum Gasteiger partial charge on any atom is -0.170 e. The zero-order valence-electron chi connectivity index (χ0n) is 11.5. The van der Waals surface area contributed by atoms with Crippen molar-refractivity contribution in [2.75, 3.05) is 0 Å². The van der Waals surface area contributed by atoms with Gasteiger partial charge < -0.3 is 0 Å². The Kier molecular flexibility index (Phi) is 4.23. The van der Waals surface area contributed by atoms with Crippen molar-refractivity contribution in [3.05, 3.63) is 108 Å². The smallest absolute Gasteiger partial charge is 0.170 e. The fraction of sp³-hybridized carbons (Fsp3) is 0.0526. The quantitative estimate of drug-likeness (QED) is 0.368. The van der Waals surface area contributed by atoms with Crippen LogP contribution in [0, 0.1) is 0 Å². The number of benzene rings is 3. The summed E-state index contributed by atoms with van der Waals surface area (Å²) < 4.78 is 0. The lowest BCUT2D eigenvalue weighted by atomic mass is 9.84. The molecule has 0 aliphatic carbocycles. The SMILES string of the molecule is Cl[Si]C(c1ccccc1)(c1ccccc1)c1ccccc1. The topological polar surface area (TPSA) is 0 Å². The van der Waals surface area contributed by atoms with Crippen LogP contribution in [0.5, 0.6) is 0 Å². The maximum Gasteiger partial charge on any atom is 0.193 e. The summed E-state index contributed by atoms with van der Waals surface area (Å²) in [4.78, 5) is 0. The lowest BCUT2D eigenvalue weighted by molar-refractivity contribution is 0.873. The van der Waals surface area contributed by atoms with E-state index in [1.807, 2.05) is 18.2 Å². The van der Waals surface area contributed by atoms with Crippen molar-refractivity contribution >= 4 is 19.9 Å². The Morgan fingerprint density at radius 1 is 0.524 bits per heavy atom. The van der Waals surface area contributed by atoms with E-state index in [2.05, 4.69) is 72.8 Å². The van der Waals surface area contributed by atoms with Crippen molar-refractivity contribution in [3.63, 3.8) is 0 Å². The molecule has 102 valence electrons. The lowest BCUT2D eigenvalue weighted by Crippen LogP contribution is -2.33. The van der Waals surface area contributed by atoms with Crippen molar-refractivity contribution in [1.82, 2.24) is 0 Å². The summed E-state index contributed by atoms with van der Waals surface area (Å²) in [6.45, 7) is 0. The Morgan fingerprint density at radius 3 is 1.05 bits per heavy atom. The monoisotopic (exact) mass is 306 g/mol. The van der Waals surface area contributed by atoms with Crippen molar-refractivity contribution in [2.24, 2.45) is 0 Å². The van der Waals surface area contributed by atoms with E-state index in [4.69, 9.17) is 11.1 Å². The molecule has 3 aromatic carbocycles. The van der Waals surface area contributed by atoms with E-state index >= 15 is 0 Å². The van der Waals surface area contributed by atoms with Gasteiger partial charge in [0.05, 0.1) is 5.04 Å². The van der Waals surface area contributed by atoms with Gasteiger partial charge >= 0.3 is 0 Å². The Morgan fingerprint density at radius 2 is 0.810 bits per heavy atom. The van der Waals surface area contributed by atoms with Crippen LogP contribution in [-0.4, -0.2) is 8.83 Å². The molecule has 0 unspecified atom stereocenters. The molecule has 0 aromatic heterocycles. The Hall–Kier alpha value is -1.83. The average molecular weight is 307 g/mol. The number of rotatable bonds is 4. The van der Waals surface area contributed by atoms with Crippen LogP contribution >= 0.6 is 11.1 Å². The molecule has 0 fully saturated rings. The molecular formula is C19H15ClSi. The van der Waals surface area contributed by atoms with E-state index < -0.39 is 0 Å². The molecule has 0 heterocycles. The molecule has 0 atom stereocenters. The van der Waals surface area contributed by atoms with Crippen LogP contribution in [0.1, 0.15) is 16.7 Å². The third-order valence-electron chi connectivity index (χ3n) is 3.76. The fourth-order valence-corrected chi connectivity index (χ4v) is 4.54. The Bertz CT molecular complexity index is 584. The first kappa shape index (κ1) is 14.1. The highest BCUT2D eigenvalue weighted by Crippen LogP contribution is 2.38. The van der Waals surface area contributed by atoms with Crippen LogP contribution in [0.3, 0.4) is 0 Å². The highest BCUT2D eigenvalue weighted by atomic mass is 35.6. The molecule has 0 spiro atoms. The third kappa shape index (κ3) is 2.55. The Labute approximate surface area is 132 Å². The van der Waals surface area contributed by atoms with Crippen molar-refractivity contribution in [1.29, 1.82) is 0 Å². The van der Waals surface area contributed by atoms with Gasteiger partial charge in [-0.05, 0) is 16.7 Å². The van der Waals surface area contributed by atoms with Gasteiger partial charge in [-0.2, -0.15) is 11.1 Å². The van der Waals surface area contributed by atoms with E-state index in [9.17, 15) is 0 Å². The first-order valence-corrected chi connectivity index (χ1v) is 8.93. The summed E-state index contributed by atoms with van der Waals surface area (Å²) in [6, 6.07) is 31.6. The number of hydrogen-bond acceptors (Lipinski definition) is 0. The molecule has 0 amide bonds. The second-order valence-electron chi connectivity index (χ2n) is 4.94. The summed E-state index contributed by atoms with van der Waals surface area (Å²) in [5.74, 6) is 0. The molecule has 0 nitrogen and oxygen atoms in total. The number of halogens is 1. The molecule has 21 heavy (non-hydrogen) atoms. The fourth-order valence-electron chi connectivity index (χ4n) is 2.73. The zero-order valence-corrected chi connectivity index (χ0v) is 13.3. The highest BCUT2D eigenvalue weighted by molar-refractivity contribution is 6.96. The highest BCUT2D eigenvalue weighted by Gasteiger charge is 2.36. The molecule has 0 bridgehead atoms. The zero-order chi connectivity index (χ0) is 14.5. The number of hydrogen-bond donors (Lipinski definition) is 0. The van der Waals surface area contributed by atoms with Gasteiger partial charge in [0.1, 0.15) is 0 Å². The van der Waals surface area contributed by atoms with Crippen LogP contribution in [0.2, 0.25) is 0 Å². The van der Waals surface area contributed by atoms with Crippen LogP contribution in [0.4, 0.5) is 0 Å². The minimum absolute atomic E-state index is 0.224. The van der Waals surface area contributed by atoms with E-state index in [1.165, 1.54) is 16.7 Å². The molecular weight excluding hydrogens is 292 g/mol. The summed E-state index contributed by atoms with van der Waals surface area (Å²) in [6.07, 6.45) is 0. The molecule has 3 aromatic rings. The van der Waals surface area contributed by atoms with E-state index in [0.717, 1.165) is 0 Å². The van der Waals surface area contributed by atoms with Crippen LogP contribution in [-0.2, 0) is 5.04 Å². The van der Waals surface area contributed by atoms with E-state index in [1.54, 1.807) is 0 Å². The maximum absolute atomic E-state index is 6.56. The standard InChI is InChI=1S/C19H15ClSi/c20-21-19(16-10-4-1-5-11-16,17-12-6-2-7-13-17)18-14-8-3-9-15-18/h1-15H. The Balaban J connectivity index is 2.29. The molecule has 0 saturated heterocycles. The van der Waals surface area contributed by atoms with Crippen LogP contribution in [0.15, 0.2) is 91.0 Å². The van der Waals surface area contributed by atoms with Crippen molar-refractivity contribution < 1.29 is 0 Å². The third-order valence-corrected chi connectivity index (χ3v) is 5.76. The van der Waals surface area contributed by atoms with Gasteiger partial charge in [0.15, 0.2) is 8.83 Å². The summed E-state index contributed by atoms with van der Waals surface area (Å²) in [5.41, 5.74) is 3.70. The van der Waals surface area contributed by atoms with Gasteiger partial charge in [-0.25, -0.2) is 0 Å². The van der Waals surface area contributed by atoms with Crippen molar-refractivity contribution in [3.8, 4) is 0 Å². The van der Waals surface area contributed by atoms with Crippen LogP contribution < -0.4 is 0 Å². The predicted octanol–water partition coefficient (Wildman–Crippen LogP) is 4.84. The van der Waals surface area contributed by atoms with Crippen LogP contribution in [0.25, 0.3) is 0 Å². The molecule has 0 saturated carbocycles. The molecule has 0 aliphatic rings. The van der Waals surface area contributed by atoms with Crippen molar-refractivity contribution in [2.45, 2.75) is 5.04 Å². The minimum atomic E-state index is -0.286. The lowest BCUT2D eigenvalue weighted by Gasteiger charge is -2.33. The molecule has 0 N–H and O–H groups in total. The van der Waals surface area contributed by atoms with Gasteiger partial charge in [-0.1, -0.05) is 91.0 Å². The molecule has 3 rings (SSSR count). The summed E-state index contributed by atoms with van der Waals surface area (Å²) >= 11 is 6.56. The van der Waals surface area contributed by atoms with E-state index in [-0.39, 0.29) is 13.9 Å². The van der Waals surface area contributed by atoms with Gasteiger partial charge in [0.2, 0.25) is 0 Å². The molecule has 2 heteroatoms. The first-order chi connectivity index (χ1) is 10.4. The van der Waals surface area contributed by atoms with Gasteiger partial charge in [0.25, 0.3) is 0 Å². The molecule has 2 radical (unpaired) electrons. The predicted molar refractivity (Wildman–Crippen MR) is 90.8 cm³/mol. The summed E-state index contributed by atoms with van der Waals surface area (Å²) in [7, 11) is 0.224. The largest absolute Gasteiger partial charge is 0.193 e. The van der Waals surface area contributed by atoms with Gasteiger partial charge in [-0.15, -0.1) is 0 Å². The average Bonchev–Trinajstić information content (AvgIpc) is 2.59. The van der Waals surface area contributed by atoms with E-state index in [0.29, 0.717) is 0 Å². The second-order valence-corrected chi connectivity index (χ2v) is 6.45. The van der Waals surface area contributed by atoms with Gasteiger partial charge in [0, 0.05) is 0 Å². The van der Waals surface area contributed by atoms with Gasteiger partial charge in [-0.3, -0.25) is 0 Å². The normalized spacial score (nSPS) is 11.3. The maximum atomic E-state index is 6.56. The second kappa shape index (κ2) is 6.29.